The molecule has 6 heteroatoms. The number of rotatable bonds is 2. The lowest BCUT2D eigenvalue weighted by molar-refractivity contribution is -0.146. The number of hydrogen-bond acceptors (Lipinski definition) is 6. The number of aliphatic hydroxyl groups is 2. The third-order valence-electron chi connectivity index (χ3n) is 2.00. The first-order chi connectivity index (χ1) is 6.57. The van der Waals surface area contributed by atoms with Crippen molar-refractivity contribution in [2.24, 2.45) is 5.92 Å². The first-order valence-corrected chi connectivity index (χ1v) is 4.06. The van der Waals surface area contributed by atoms with Gasteiger partial charge in [0.15, 0.2) is 0 Å². The highest BCUT2D eigenvalue weighted by molar-refractivity contribution is 6.64. The van der Waals surface area contributed by atoms with Gasteiger partial charge < -0.3 is 14.9 Å². The molecule has 0 radical (unpaired) electrons. The van der Waals surface area contributed by atoms with E-state index in [1.54, 1.807) is 0 Å². The van der Waals surface area contributed by atoms with Crippen molar-refractivity contribution in [3.05, 3.63) is 0 Å². The number of ketones is 3. The Bertz CT molecular complexity index is 271. The molecule has 0 aliphatic carbocycles. The Morgan fingerprint density at radius 1 is 1.43 bits per heavy atom. The van der Waals surface area contributed by atoms with Crippen molar-refractivity contribution in [3.8, 4) is 0 Å². The Kier molecular flexibility index (Phi) is 3.45. The van der Waals surface area contributed by atoms with E-state index in [1.165, 1.54) is 0 Å². The zero-order chi connectivity index (χ0) is 10.7. The van der Waals surface area contributed by atoms with Crippen LogP contribution in [0.5, 0.6) is 0 Å². The summed E-state index contributed by atoms with van der Waals surface area (Å²) in [6.07, 6.45) is -1.36. The van der Waals surface area contributed by atoms with Crippen LogP contribution in [0.2, 0.25) is 0 Å². The second-order valence-electron chi connectivity index (χ2n) is 2.99. The fourth-order valence-corrected chi connectivity index (χ4v) is 1.14. The topological polar surface area (TPSA) is 101 Å². The highest BCUT2D eigenvalue weighted by atomic mass is 16.5. The zero-order valence-electron chi connectivity index (χ0n) is 7.30. The fraction of sp³-hybridized carbons (Fsp3) is 0.625. The molecule has 1 rings (SSSR count). The minimum absolute atomic E-state index is 0.224. The summed E-state index contributed by atoms with van der Waals surface area (Å²) in [6.45, 7) is -1.32. The minimum Gasteiger partial charge on any atom is -0.394 e. The summed E-state index contributed by atoms with van der Waals surface area (Å²) in [6, 6.07) is 0. The molecule has 1 heterocycles. The SMILES string of the molecule is O=C1COCC(C(O)CO)C(=O)C1=O. The first kappa shape index (κ1) is 11.0. The highest BCUT2D eigenvalue weighted by Crippen LogP contribution is 2.10. The van der Waals surface area contributed by atoms with Crippen LogP contribution >= 0.6 is 0 Å². The molecule has 0 saturated carbocycles. The Morgan fingerprint density at radius 2 is 2.07 bits per heavy atom. The summed E-state index contributed by atoms with van der Waals surface area (Å²) in [5.74, 6) is -4.21. The van der Waals surface area contributed by atoms with Crippen molar-refractivity contribution in [2.75, 3.05) is 19.8 Å². The first-order valence-electron chi connectivity index (χ1n) is 4.06. The number of aliphatic hydroxyl groups excluding tert-OH is 2. The van der Waals surface area contributed by atoms with Crippen LogP contribution in [0.1, 0.15) is 0 Å². The van der Waals surface area contributed by atoms with Crippen LogP contribution in [0.3, 0.4) is 0 Å². The molecule has 0 aromatic carbocycles. The lowest BCUT2D eigenvalue weighted by Crippen LogP contribution is -2.38. The van der Waals surface area contributed by atoms with Gasteiger partial charge in [-0.05, 0) is 0 Å². The van der Waals surface area contributed by atoms with E-state index >= 15 is 0 Å². The van der Waals surface area contributed by atoms with Crippen molar-refractivity contribution < 1.29 is 29.3 Å². The molecule has 1 saturated heterocycles. The smallest absolute Gasteiger partial charge is 0.267 e. The van der Waals surface area contributed by atoms with Crippen molar-refractivity contribution in [2.45, 2.75) is 6.10 Å². The summed E-state index contributed by atoms with van der Waals surface area (Å²) in [5.41, 5.74) is 0. The summed E-state index contributed by atoms with van der Waals surface area (Å²) < 4.78 is 4.72. The minimum atomic E-state index is -1.36. The van der Waals surface area contributed by atoms with Gasteiger partial charge in [-0.25, -0.2) is 0 Å². The standard InChI is InChI=1S/C8H10O6/c9-1-5(10)4-2-14-3-6(11)8(13)7(4)12/h4-5,9-10H,1-3H2. The predicted octanol–water partition coefficient (Wildman–Crippen LogP) is -2.31. The Labute approximate surface area is 79.5 Å². The van der Waals surface area contributed by atoms with Crippen molar-refractivity contribution in [3.63, 3.8) is 0 Å². The summed E-state index contributed by atoms with van der Waals surface area (Å²) in [4.78, 5) is 33.1. The molecule has 0 bridgehead atoms. The van der Waals surface area contributed by atoms with Crippen LogP contribution in [0.4, 0.5) is 0 Å². The van der Waals surface area contributed by atoms with Gasteiger partial charge in [-0.1, -0.05) is 0 Å². The van der Waals surface area contributed by atoms with Crippen molar-refractivity contribution in [1.82, 2.24) is 0 Å². The van der Waals surface area contributed by atoms with Gasteiger partial charge in [0.1, 0.15) is 6.61 Å². The fourth-order valence-electron chi connectivity index (χ4n) is 1.14. The zero-order valence-corrected chi connectivity index (χ0v) is 7.30. The maximum absolute atomic E-state index is 11.2. The van der Waals surface area contributed by atoms with Gasteiger partial charge in [-0.2, -0.15) is 0 Å². The van der Waals surface area contributed by atoms with Crippen LogP contribution in [-0.4, -0.2) is 53.5 Å². The van der Waals surface area contributed by atoms with Gasteiger partial charge in [0.05, 0.1) is 25.2 Å². The molecule has 0 aromatic heterocycles. The second kappa shape index (κ2) is 4.41. The molecule has 78 valence electrons. The molecule has 0 amide bonds. The Hall–Kier alpha value is -1.11. The molecular formula is C8H10O6. The molecule has 2 N–H and O–H groups in total. The Morgan fingerprint density at radius 3 is 2.64 bits per heavy atom. The number of hydrogen-bond donors (Lipinski definition) is 2. The van der Waals surface area contributed by atoms with E-state index in [4.69, 9.17) is 14.9 Å². The lowest BCUT2D eigenvalue weighted by Gasteiger charge is -2.15. The third kappa shape index (κ3) is 2.03. The molecule has 1 fully saturated rings. The summed E-state index contributed by atoms with van der Waals surface area (Å²) in [7, 11) is 0. The van der Waals surface area contributed by atoms with Crippen LogP contribution in [-0.2, 0) is 19.1 Å². The van der Waals surface area contributed by atoms with Gasteiger partial charge in [-0.3, -0.25) is 14.4 Å². The van der Waals surface area contributed by atoms with E-state index in [1.807, 2.05) is 0 Å². The predicted molar refractivity (Wildman–Crippen MR) is 42.4 cm³/mol. The van der Waals surface area contributed by atoms with E-state index in [0.29, 0.717) is 0 Å². The van der Waals surface area contributed by atoms with Gasteiger partial charge in [0, 0.05) is 0 Å². The van der Waals surface area contributed by atoms with Crippen LogP contribution < -0.4 is 0 Å². The van der Waals surface area contributed by atoms with Gasteiger partial charge in [0.25, 0.3) is 5.78 Å². The molecule has 2 unspecified atom stereocenters. The van der Waals surface area contributed by atoms with E-state index in [-0.39, 0.29) is 6.61 Å². The van der Waals surface area contributed by atoms with Crippen LogP contribution in [0.15, 0.2) is 0 Å². The molecule has 2 atom stereocenters. The second-order valence-corrected chi connectivity index (χ2v) is 2.99. The number of ether oxygens (including phenoxy) is 1. The van der Waals surface area contributed by atoms with Gasteiger partial charge in [0.2, 0.25) is 11.6 Å². The number of carbonyl (C=O) groups excluding carboxylic acids is 3. The van der Waals surface area contributed by atoms with Gasteiger partial charge >= 0.3 is 0 Å². The maximum atomic E-state index is 11.2. The third-order valence-corrected chi connectivity index (χ3v) is 2.00. The van der Waals surface area contributed by atoms with E-state index in [0.717, 1.165) is 0 Å². The lowest BCUT2D eigenvalue weighted by atomic mass is 9.95. The van der Waals surface area contributed by atoms with Crippen molar-refractivity contribution in [1.29, 1.82) is 0 Å². The molecule has 1 aliphatic heterocycles. The van der Waals surface area contributed by atoms with Crippen molar-refractivity contribution >= 4 is 17.3 Å². The average molecular weight is 202 g/mol. The quantitative estimate of drug-likeness (QED) is 0.488. The maximum Gasteiger partial charge on any atom is 0.267 e. The summed E-state index contributed by atoms with van der Waals surface area (Å²) in [5, 5.41) is 17.8. The van der Waals surface area contributed by atoms with Crippen LogP contribution in [0, 0.1) is 5.92 Å². The molecule has 0 spiro atoms. The molecular weight excluding hydrogens is 192 g/mol. The van der Waals surface area contributed by atoms with E-state index in [2.05, 4.69) is 0 Å². The largest absolute Gasteiger partial charge is 0.394 e. The monoisotopic (exact) mass is 202 g/mol. The van der Waals surface area contributed by atoms with E-state index in [9.17, 15) is 14.4 Å². The Balaban J connectivity index is 2.82. The normalized spacial score (nSPS) is 26.1. The molecule has 6 nitrogen and oxygen atoms in total. The van der Waals surface area contributed by atoms with Gasteiger partial charge in [-0.15, -0.1) is 0 Å². The highest BCUT2D eigenvalue weighted by Gasteiger charge is 2.37. The van der Waals surface area contributed by atoms with E-state index < -0.39 is 42.6 Å². The molecule has 1 aliphatic rings. The number of carbonyl (C=O) groups is 3. The molecule has 14 heavy (non-hydrogen) atoms. The summed E-state index contributed by atoms with van der Waals surface area (Å²) >= 11 is 0. The van der Waals surface area contributed by atoms with Crippen LogP contribution in [0.25, 0.3) is 0 Å². The number of Topliss-reactive ketones (excluding diaryl/α,β-unsaturated/α-hetero) is 3. The molecule has 0 aromatic rings. The average Bonchev–Trinajstić information content (AvgIpc) is 2.31.